The van der Waals surface area contributed by atoms with Crippen LogP contribution in [-0.4, -0.2) is 30.5 Å². The molecule has 0 spiro atoms. The Morgan fingerprint density at radius 1 is 1.53 bits per heavy atom. The molecule has 17 heavy (non-hydrogen) atoms. The number of ether oxygens (including phenoxy) is 1. The second-order valence-corrected chi connectivity index (χ2v) is 5.35. The van der Waals surface area contributed by atoms with Crippen LogP contribution >= 0.6 is 15.9 Å². The highest BCUT2D eigenvalue weighted by Gasteiger charge is 2.29. The smallest absolute Gasteiger partial charge is 0.260 e. The highest BCUT2D eigenvalue weighted by molar-refractivity contribution is 9.10. The van der Waals surface area contributed by atoms with Crippen LogP contribution in [0.15, 0.2) is 22.7 Å². The zero-order chi connectivity index (χ0) is 12.4. The molecular weight excluding hydrogens is 282 g/mol. The van der Waals surface area contributed by atoms with E-state index in [9.17, 15) is 4.79 Å². The maximum Gasteiger partial charge on any atom is 0.260 e. The van der Waals surface area contributed by atoms with E-state index < -0.39 is 0 Å². The molecule has 0 bridgehead atoms. The number of rotatable bonds is 4. The zero-order valence-corrected chi connectivity index (χ0v) is 11.7. The van der Waals surface area contributed by atoms with Crippen molar-refractivity contribution >= 4 is 21.8 Å². The monoisotopic (exact) mass is 297 g/mol. The molecule has 1 fully saturated rings. The molecule has 1 saturated carbocycles. The van der Waals surface area contributed by atoms with Crippen molar-refractivity contribution in [3.63, 3.8) is 0 Å². The van der Waals surface area contributed by atoms with E-state index in [4.69, 9.17) is 4.74 Å². The maximum atomic E-state index is 11.8. The summed E-state index contributed by atoms with van der Waals surface area (Å²) in [5, 5.41) is 0. The number of aryl methyl sites for hydroxylation is 1. The molecule has 0 atom stereocenters. The fourth-order valence-corrected chi connectivity index (χ4v) is 1.98. The van der Waals surface area contributed by atoms with Crippen LogP contribution in [0.1, 0.15) is 18.4 Å². The lowest BCUT2D eigenvalue weighted by molar-refractivity contribution is -0.132. The summed E-state index contributed by atoms with van der Waals surface area (Å²) in [7, 11) is 1.84. The average Bonchev–Trinajstić information content (AvgIpc) is 3.13. The number of halogens is 1. The number of carbonyl (C=O) groups is 1. The number of benzene rings is 1. The Balaban J connectivity index is 1.92. The Morgan fingerprint density at radius 2 is 2.24 bits per heavy atom. The predicted molar refractivity (Wildman–Crippen MR) is 70.2 cm³/mol. The fraction of sp³-hybridized carbons (Fsp3) is 0.462. The second-order valence-electron chi connectivity index (χ2n) is 4.43. The normalized spacial score (nSPS) is 14.5. The molecule has 0 heterocycles. The first-order chi connectivity index (χ1) is 8.08. The molecule has 0 radical (unpaired) electrons. The molecule has 0 aromatic heterocycles. The molecule has 1 aromatic carbocycles. The fourth-order valence-electron chi connectivity index (χ4n) is 1.64. The number of hydrogen-bond donors (Lipinski definition) is 0. The first kappa shape index (κ1) is 12.4. The minimum Gasteiger partial charge on any atom is -0.483 e. The Labute approximate surface area is 110 Å². The molecule has 92 valence electrons. The van der Waals surface area contributed by atoms with Gasteiger partial charge in [0.15, 0.2) is 6.61 Å². The Hall–Kier alpha value is -1.03. The van der Waals surface area contributed by atoms with E-state index in [1.54, 1.807) is 4.90 Å². The number of nitrogens with zero attached hydrogens (tertiary/aromatic N) is 1. The SMILES string of the molecule is Cc1ccc(Br)cc1OCC(=O)N(C)C1CC1. The molecule has 1 aliphatic rings. The van der Waals surface area contributed by atoms with E-state index >= 15 is 0 Å². The Bertz CT molecular complexity index is 429. The molecule has 4 heteroatoms. The molecular formula is C13H16BrNO2. The summed E-state index contributed by atoms with van der Waals surface area (Å²) < 4.78 is 6.52. The van der Waals surface area contributed by atoms with Gasteiger partial charge in [-0.15, -0.1) is 0 Å². The van der Waals surface area contributed by atoms with E-state index in [0.717, 1.165) is 28.6 Å². The molecule has 0 unspecified atom stereocenters. The van der Waals surface area contributed by atoms with Gasteiger partial charge in [-0.3, -0.25) is 4.79 Å². The van der Waals surface area contributed by atoms with E-state index in [-0.39, 0.29) is 12.5 Å². The maximum absolute atomic E-state index is 11.8. The third-order valence-electron chi connectivity index (χ3n) is 2.99. The van der Waals surface area contributed by atoms with Gasteiger partial charge in [0.2, 0.25) is 0 Å². The van der Waals surface area contributed by atoms with Crippen molar-refractivity contribution in [1.29, 1.82) is 0 Å². The number of hydrogen-bond acceptors (Lipinski definition) is 2. The van der Waals surface area contributed by atoms with Crippen LogP contribution in [0.5, 0.6) is 5.75 Å². The summed E-state index contributed by atoms with van der Waals surface area (Å²) >= 11 is 3.39. The average molecular weight is 298 g/mol. The summed E-state index contributed by atoms with van der Waals surface area (Å²) in [6.45, 7) is 2.08. The van der Waals surface area contributed by atoms with Gasteiger partial charge in [-0.05, 0) is 37.5 Å². The predicted octanol–water partition coefficient (Wildman–Crippen LogP) is 2.76. The third-order valence-corrected chi connectivity index (χ3v) is 3.48. The van der Waals surface area contributed by atoms with Crippen molar-refractivity contribution in [3.8, 4) is 5.75 Å². The lowest BCUT2D eigenvalue weighted by Crippen LogP contribution is -2.33. The summed E-state index contributed by atoms with van der Waals surface area (Å²) in [6.07, 6.45) is 2.25. The van der Waals surface area contributed by atoms with Crippen LogP contribution in [0, 0.1) is 6.92 Å². The van der Waals surface area contributed by atoms with E-state index in [2.05, 4.69) is 15.9 Å². The van der Waals surface area contributed by atoms with Crippen LogP contribution in [0.4, 0.5) is 0 Å². The summed E-state index contributed by atoms with van der Waals surface area (Å²) in [5.41, 5.74) is 1.04. The minimum absolute atomic E-state index is 0.0480. The summed E-state index contributed by atoms with van der Waals surface area (Å²) in [4.78, 5) is 13.6. The molecule has 1 aromatic rings. The van der Waals surface area contributed by atoms with Crippen molar-refractivity contribution in [3.05, 3.63) is 28.2 Å². The van der Waals surface area contributed by atoms with Crippen molar-refractivity contribution in [2.75, 3.05) is 13.7 Å². The standard InChI is InChI=1S/C13H16BrNO2/c1-9-3-4-10(14)7-12(9)17-8-13(16)15(2)11-5-6-11/h3-4,7,11H,5-6,8H2,1-2H3. The molecule has 1 aliphatic carbocycles. The van der Waals surface area contributed by atoms with Crippen molar-refractivity contribution in [1.82, 2.24) is 4.90 Å². The van der Waals surface area contributed by atoms with Gasteiger partial charge in [0.25, 0.3) is 5.91 Å². The second kappa shape index (κ2) is 5.08. The Morgan fingerprint density at radius 3 is 2.88 bits per heavy atom. The third kappa shape index (κ3) is 3.22. The minimum atomic E-state index is 0.0480. The van der Waals surface area contributed by atoms with Crippen LogP contribution in [0.2, 0.25) is 0 Å². The number of amides is 1. The summed E-state index contributed by atoms with van der Waals surface area (Å²) in [5.74, 6) is 0.809. The van der Waals surface area contributed by atoms with E-state index in [0.29, 0.717) is 6.04 Å². The van der Waals surface area contributed by atoms with Gasteiger partial charge in [0.05, 0.1) is 0 Å². The molecule has 3 nitrogen and oxygen atoms in total. The first-order valence-corrected chi connectivity index (χ1v) is 6.52. The zero-order valence-electron chi connectivity index (χ0n) is 10.1. The first-order valence-electron chi connectivity index (χ1n) is 5.72. The molecule has 0 N–H and O–H groups in total. The van der Waals surface area contributed by atoms with Gasteiger partial charge < -0.3 is 9.64 Å². The van der Waals surface area contributed by atoms with Gasteiger partial charge >= 0.3 is 0 Å². The summed E-state index contributed by atoms with van der Waals surface area (Å²) in [6, 6.07) is 6.25. The number of carbonyl (C=O) groups excluding carboxylic acids is 1. The van der Waals surface area contributed by atoms with Gasteiger partial charge in [-0.1, -0.05) is 22.0 Å². The quantitative estimate of drug-likeness (QED) is 0.855. The van der Waals surface area contributed by atoms with E-state index in [1.165, 1.54) is 0 Å². The van der Waals surface area contributed by atoms with Crippen molar-refractivity contribution < 1.29 is 9.53 Å². The number of likely N-dealkylation sites (N-methyl/N-ethyl adjacent to an activating group) is 1. The lowest BCUT2D eigenvalue weighted by atomic mass is 10.2. The van der Waals surface area contributed by atoms with Crippen molar-refractivity contribution in [2.24, 2.45) is 0 Å². The van der Waals surface area contributed by atoms with Gasteiger partial charge in [-0.25, -0.2) is 0 Å². The molecule has 0 saturated heterocycles. The van der Waals surface area contributed by atoms with Gasteiger partial charge in [0.1, 0.15) is 5.75 Å². The highest BCUT2D eigenvalue weighted by atomic mass is 79.9. The molecule has 2 rings (SSSR count). The largest absolute Gasteiger partial charge is 0.483 e. The highest BCUT2D eigenvalue weighted by Crippen LogP contribution is 2.26. The molecule has 1 amide bonds. The topological polar surface area (TPSA) is 29.5 Å². The van der Waals surface area contributed by atoms with Crippen molar-refractivity contribution in [2.45, 2.75) is 25.8 Å². The van der Waals surface area contributed by atoms with Gasteiger partial charge in [-0.2, -0.15) is 0 Å². The van der Waals surface area contributed by atoms with Crippen LogP contribution < -0.4 is 4.74 Å². The Kier molecular flexibility index (Phi) is 3.72. The molecule has 0 aliphatic heterocycles. The van der Waals surface area contributed by atoms with Crippen LogP contribution in [0.25, 0.3) is 0 Å². The van der Waals surface area contributed by atoms with Crippen LogP contribution in [0.3, 0.4) is 0 Å². The lowest BCUT2D eigenvalue weighted by Gasteiger charge is -2.17. The van der Waals surface area contributed by atoms with Gasteiger partial charge in [0, 0.05) is 17.6 Å². The van der Waals surface area contributed by atoms with Crippen LogP contribution in [-0.2, 0) is 4.79 Å². The van der Waals surface area contributed by atoms with E-state index in [1.807, 2.05) is 32.2 Å².